The van der Waals surface area contributed by atoms with E-state index in [9.17, 15) is 14.4 Å². The highest BCUT2D eigenvalue weighted by molar-refractivity contribution is 7.15. The molecule has 0 radical (unpaired) electrons. The number of ketones is 1. The number of nitrogens with zero attached hydrogens (tertiary/aromatic N) is 4. The minimum absolute atomic E-state index is 0.00174. The Kier molecular flexibility index (Phi) is 3.09. The summed E-state index contributed by atoms with van der Waals surface area (Å²) in [6.07, 6.45) is 5.00. The van der Waals surface area contributed by atoms with Crippen molar-refractivity contribution < 1.29 is 4.79 Å². The number of carbonyl (C=O) groups excluding carboxylic acids is 1. The molecule has 0 aliphatic carbocycles. The van der Waals surface area contributed by atoms with E-state index >= 15 is 0 Å². The van der Waals surface area contributed by atoms with Crippen LogP contribution in [0.2, 0.25) is 0 Å². The average Bonchev–Trinajstić information content (AvgIpc) is 3.00. The topological polar surface area (TPSA) is 78.4 Å². The first-order valence-electron chi connectivity index (χ1n) is 6.20. The Bertz CT molecular complexity index is 931. The molecule has 0 fully saturated rings. The van der Waals surface area contributed by atoms with E-state index in [0.717, 1.165) is 9.53 Å². The minimum Gasteiger partial charge on any atom is -0.297 e. The van der Waals surface area contributed by atoms with Crippen molar-refractivity contribution in [3.8, 4) is 0 Å². The Labute approximate surface area is 122 Å². The van der Waals surface area contributed by atoms with Gasteiger partial charge in [0.1, 0.15) is 0 Å². The third-order valence-corrected chi connectivity index (χ3v) is 3.98. The molecule has 3 aromatic heterocycles. The first kappa shape index (κ1) is 13.5. The Morgan fingerprint density at radius 1 is 1.33 bits per heavy atom. The summed E-state index contributed by atoms with van der Waals surface area (Å²) in [6.45, 7) is 1.51. The third-order valence-electron chi connectivity index (χ3n) is 3.21. The van der Waals surface area contributed by atoms with Gasteiger partial charge in [0.05, 0.1) is 17.8 Å². The summed E-state index contributed by atoms with van der Waals surface area (Å²) in [5.74, 6) is -0.366. The average molecular weight is 304 g/mol. The van der Waals surface area contributed by atoms with Gasteiger partial charge in [0.25, 0.3) is 5.56 Å². The molecule has 0 saturated carbocycles. The van der Waals surface area contributed by atoms with Crippen molar-refractivity contribution in [1.29, 1.82) is 0 Å². The van der Waals surface area contributed by atoms with Crippen LogP contribution in [0, 0.1) is 0 Å². The first-order chi connectivity index (χ1) is 9.97. The van der Waals surface area contributed by atoms with Gasteiger partial charge in [0, 0.05) is 31.0 Å². The van der Waals surface area contributed by atoms with Crippen LogP contribution in [0.5, 0.6) is 0 Å². The number of Topliss-reactive ketones (excluding diaryl/α,β-unsaturated/α-hetero) is 1. The highest BCUT2D eigenvalue weighted by Gasteiger charge is 2.13. The first-order valence-corrected chi connectivity index (χ1v) is 7.08. The van der Waals surface area contributed by atoms with Crippen LogP contribution in [0.1, 0.15) is 23.0 Å². The van der Waals surface area contributed by atoms with Crippen LogP contribution in [-0.4, -0.2) is 24.3 Å². The van der Waals surface area contributed by atoms with Gasteiger partial charge in [-0.2, -0.15) is 0 Å². The fraction of sp³-hybridized carbons (Fsp3) is 0.231. The summed E-state index contributed by atoms with van der Waals surface area (Å²) in [5.41, 5.74) is -0.355. The molecule has 0 aliphatic heterocycles. The molecule has 0 unspecified atom stereocenters. The number of carbonyl (C=O) groups is 1. The van der Waals surface area contributed by atoms with Crippen LogP contribution in [0.15, 0.2) is 33.6 Å². The summed E-state index contributed by atoms with van der Waals surface area (Å²) in [5, 5.41) is 1.92. The zero-order valence-corrected chi connectivity index (χ0v) is 12.3. The highest BCUT2D eigenvalue weighted by atomic mass is 32.1. The van der Waals surface area contributed by atoms with Gasteiger partial charge in [-0.3, -0.25) is 23.1 Å². The summed E-state index contributed by atoms with van der Waals surface area (Å²) in [7, 11) is 1.36. The molecule has 0 atom stereocenters. The molecule has 0 spiro atoms. The van der Waals surface area contributed by atoms with Gasteiger partial charge in [-0.15, -0.1) is 11.3 Å². The zero-order chi connectivity index (χ0) is 15.1. The number of aromatic nitrogens is 4. The van der Waals surface area contributed by atoms with E-state index in [1.54, 1.807) is 0 Å². The molecule has 8 heteroatoms. The lowest BCUT2D eigenvalue weighted by molar-refractivity contribution is 0.101. The van der Waals surface area contributed by atoms with Crippen molar-refractivity contribution in [2.75, 3.05) is 0 Å². The van der Waals surface area contributed by atoms with Crippen LogP contribution < -0.4 is 11.2 Å². The lowest BCUT2D eigenvalue weighted by atomic mass is 10.2. The van der Waals surface area contributed by atoms with Gasteiger partial charge in [0.15, 0.2) is 10.7 Å². The van der Waals surface area contributed by atoms with Gasteiger partial charge < -0.3 is 0 Å². The summed E-state index contributed by atoms with van der Waals surface area (Å²) in [6, 6.07) is 0. The van der Waals surface area contributed by atoms with Crippen molar-refractivity contribution >= 4 is 22.1 Å². The predicted octanol–water partition coefficient (Wildman–Crippen LogP) is 0.507. The van der Waals surface area contributed by atoms with Crippen molar-refractivity contribution in [2.24, 2.45) is 7.05 Å². The Balaban J connectivity index is 2.09. The molecule has 3 rings (SSSR count). The molecular formula is C13H12N4O3S. The Hall–Kier alpha value is -2.48. The number of rotatable bonds is 3. The van der Waals surface area contributed by atoms with Gasteiger partial charge in [-0.1, -0.05) is 0 Å². The fourth-order valence-corrected chi connectivity index (χ4v) is 2.83. The largest absolute Gasteiger partial charge is 0.331 e. The minimum atomic E-state index is -0.574. The van der Waals surface area contributed by atoms with Crippen LogP contribution in [-0.2, 0) is 13.6 Å². The van der Waals surface area contributed by atoms with Crippen molar-refractivity contribution in [3.63, 3.8) is 0 Å². The van der Waals surface area contributed by atoms with Crippen molar-refractivity contribution in [3.05, 3.63) is 56.1 Å². The molecule has 3 aromatic rings. The monoisotopic (exact) mass is 304 g/mol. The quantitative estimate of drug-likeness (QED) is 0.660. The molecule has 21 heavy (non-hydrogen) atoms. The number of thiazole rings is 1. The van der Waals surface area contributed by atoms with Crippen LogP contribution >= 0.6 is 11.3 Å². The van der Waals surface area contributed by atoms with E-state index in [2.05, 4.69) is 4.98 Å². The highest BCUT2D eigenvalue weighted by Crippen LogP contribution is 2.11. The summed E-state index contributed by atoms with van der Waals surface area (Å²) < 4.78 is 4.12. The Morgan fingerprint density at radius 2 is 2.10 bits per heavy atom. The molecule has 108 valence electrons. The molecule has 0 aromatic carbocycles. The lowest BCUT2D eigenvalue weighted by Gasteiger charge is -2.07. The second kappa shape index (κ2) is 4.81. The maximum atomic E-state index is 12.1. The van der Waals surface area contributed by atoms with Gasteiger partial charge in [-0.25, -0.2) is 9.78 Å². The number of fused-ring (bicyclic) bond motifs is 1. The van der Waals surface area contributed by atoms with E-state index < -0.39 is 11.2 Å². The standard InChI is InChI=1S/C13H12N4O3S/c1-8(18)10-7-17(13(20)15(2)11(10)19)6-9-5-16-3-4-21-12(16)14-9/h3-5,7H,6H2,1-2H3. The molecule has 0 bridgehead atoms. The molecular weight excluding hydrogens is 292 g/mol. The predicted molar refractivity (Wildman–Crippen MR) is 78.1 cm³/mol. The zero-order valence-electron chi connectivity index (χ0n) is 11.4. The molecule has 3 heterocycles. The second-order valence-electron chi connectivity index (χ2n) is 4.70. The normalized spacial score (nSPS) is 11.1. The lowest BCUT2D eigenvalue weighted by Crippen LogP contribution is -2.40. The molecule has 0 N–H and O–H groups in total. The van der Waals surface area contributed by atoms with Gasteiger partial charge in [0.2, 0.25) is 0 Å². The van der Waals surface area contributed by atoms with Crippen LogP contribution in [0.4, 0.5) is 0 Å². The summed E-state index contributed by atoms with van der Waals surface area (Å²) >= 11 is 1.49. The molecule has 7 nitrogen and oxygen atoms in total. The van der Waals surface area contributed by atoms with Crippen molar-refractivity contribution in [1.82, 2.24) is 18.5 Å². The second-order valence-corrected chi connectivity index (χ2v) is 5.57. The summed E-state index contributed by atoms with van der Waals surface area (Å²) in [4.78, 5) is 40.7. The molecule has 0 aliphatic rings. The number of imidazole rings is 1. The van der Waals surface area contributed by atoms with E-state index in [-0.39, 0.29) is 17.9 Å². The number of hydrogen-bond acceptors (Lipinski definition) is 5. The molecule has 0 saturated heterocycles. The van der Waals surface area contributed by atoms with E-state index in [0.29, 0.717) is 5.69 Å². The SMILES string of the molecule is CC(=O)c1cn(Cc2cn3ccsc3n2)c(=O)n(C)c1=O. The fourth-order valence-electron chi connectivity index (χ4n) is 2.11. The van der Waals surface area contributed by atoms with Crippen molar-refractivity contribution in [2.45, 2.75) is 13.5 Å². The Morgan fingerprint density at radius 3 is 2.76 bits per heavy atom. The van der Waals surface area contributed by atoms with E-state index in [4.69, 9.17) is 0 Å². The number of hydrogen-bond donors (Lipinski definition) is 0. The van der Waals surface area contributed by atoms with Crippen LogP contribution in [0.3, 0.4) is 0 Å². The third kappa shape index (κ3) is 2.23. The maximum absolute atomic E-state index is 12.1. The van der Waals surface area contributed by atoms with E-state index in [1.807, 2.05) is 22.2 Å². The maximum Gasteiger partial charge on any atom is 0.331 e. The van der Waals surface area contributed by atoms with E-state index in [1.165, 1.54) is 36.1 Å². The molecule has 0 amide bonds. The van der Waals surface area contributed by atoms with Gasteiger partial charge >= 0.3 is 5.69 Å². The van der Waals surface area contributed by atoms with Gasteiger partial charge in [-0.05, 0) is 6.92 Å². The smallest absolute Gasteiger partial charge is 0.297 e. The van der Waals surface area contributed by atoms with Crippen LogP contribution in [0.25, 0.3) is 4.96 Å².